The number of nitrogens with zero attached hydrogens (tertiary/aromatic N) is 2. The fourth-order valence-corrected chi connectivity index (χ4v) is 5.46. The van der Waals surface area contributed by atoms with Crippen LogP contribution >= 0.6 is 11.6 Å². The molecule has 10 heteroatoms. The minimum absolute atomic E-state index is 0.0435. The normalized spacial score (nSPS) is 14.9. The highest BCUT2D eigenvalue weighted by atomic mass is 35.5. The van der Waals surface area contributed by atoms with Crippen molar-refractivity contribution in [2.24, 2.45) is 0 Å². The molecule has 2 aromatic rings. The van der Waals surface area contributed by atoms with E-state index < -0.39 is 21.9 Å². The lowest BCUT2D eigenvalue weighted by molar-refractivity contribution is -0.141. The lowest BCUT2D eigenvalue weighted by Gasteiger charge is -2.30. The van der Waals surface area contributed by atoms with Gasteiger partial charge in [0.1, 0.15) is 11.9 Å². The van der Waals surface area contributed by atoms with E-state index in [2.05, 4.69) is 5.32 Å². The molecule has 2 amide bonds. The van der Waals surface area contributed by atoms with Crippen molar-refractivity contribution in [2.45, 2.75) is 64.1 Å². The molecule has 196 valence electrons. The lowest BCUT2D eigenvalue weighted by atomic mass is 10.1. The van der Waals surface area contributed by atoms with Gasteiger partial charge in [0.15, 0.2) is 0 Å². The van der Waals surface area contributed by atoms with Crippen LogP contribution in [0.4, 0.5) is 10.1 Å². The second-order valence-electron chi connectivity index (χ2n) is 9.23. The zero-order valence-electron chi connectivity index (χ0n) is 20.6. The number of carbonyl (C=O) groups excluding carboxylic acids is 2. The Hall–Kier alpha value is -2.65. The Kier molecular flexibility index (Phi) is 9.73. The maximum absolute atomic E-state index is 13.3. The Balaban J connectivity index is 1.70. The predicted molar refractivity (Wildman–Crippen MR) is 140 cm³/mol. The molecule has 1 atom stereocenters. The molecule has 0 spiro atoms. The van der Waals surface area contributed by atoms with E-state index in [1.165, 1.54) is 29.2 Å². The van der Waals surface area contributed by atoms with Crippen molar-refractivity contribution in [1.29, 1.82) is 0 Å². The average molecular weight is 538 g/mol. The van der Waals surface area contributed by atoms with E-state index in [0.29, 0.717) is 10.7 Å². The Labute approximate surface area is 217 Å². The third kappa shape index (κ3) is 7.93. The number of rotatable bonds is 11. The van der Waals surface area contributed by atoms with Crippen molar-refractivity contribution < 1.29 is 22.4 Å². The fourth-order valence-electron chi connectivity index (χ4n) is 4.37. The molecule has 0 unspecified atom stereocenters. The monoisotopic (exact) mass is 537 g/mol. The number of hydrogen-bond acceptors (Lipinski definition) is 4. The van der Waals surface area contributed by atoms with Crippen molar-refractivity contribution in [3.8, 4) is 0 Å². The standard InChI is InChI=1S/C26H33ClFN3O4S/c1-19(26(33)29-23-6-3-4-7-23)30(18-20-9-11-21(27)12-10-20)25(32)8-5-17-31(36(2,34)35)24-15-13-22(28)14-16-24/h9-16,19,23H,3-8,17-18H2,1-2H3,(H,29,33)/t19-/m0/s1. The zero-order valence-corrected chi connectivity index (χ0v) is 22.2. The SMILES string of the molecule is C[C@@H](C(=O)NC1CCCC1)N(Cc1ccc(Cl)cc1)C(=O)CCCN(c1ccc(F)cc1)S(C)(=O)=O. The third-order valence-electron chi connectivity index (χ3n) is 6.40. The Morgan fingerprint density at radius 2 is 1.69 bits per heavy atom. The molecule has 7 nitrogen and oxygen atoms in total. The molecule has 3 rings (SSSR count). The highest BCUT2D eigenvalue weighted by molar-refractivity contribution is 7.92. The molecule has 0 bridgehead atoms. The average Bonchev–Trinajstić information content (AvgIpc) is 3.34. The van der Waals surface area contributed by atoms with Gasteiger partial charge >= 0.3 is 0 Å². The fraction of sp³-hybridized carbons (Fsp3) is 0.462. The van der Waals surface area contributed by atoms with E-state index in [0.717, 1.165) is 41.8 Å². The molecule has 36 heavy (non-hydrogen) atoms. The largest absolute Gasteiger partial charge is 0.352 e. The number of amides is 2. The Bertz CT molecular complexity index is 1140. The van der Waals surface area contributed by atoms with Crippen LogP contribution in [0, 0.1) is 5.82 Å². The predicted octanol–water partition coefficient (Wildman–Crippen LogP) is 4.50. The molecule has 1 aliphatic carbocycles. The third-order valence-corrected chi connectivity index (χ3v) is 7.85. The van der Waals surface area contributed by atoms with Gasteiger partial charge in [0.25, 0.3) is 0 Å². The highest BCUT2D eigenvalue weighted by Crippen LogP contribution is 2.21. The number of carbonyl (C=O) groups is 2. The topological polar surface area (TPSA) is 86.8 Å². The molecular formula is C26H33ClFN3O4S. The maximum Gasteiger partial charge on any atom is 0.242 e. The van der Waals surface area contributed by atoms with Crippen LogP contribution in [0.25, 0.3) is 0 Å². The number of benzene rings is 2. The summed E-state index contributed by atoms with van der Waals surface area (Å²) in [5.74, 6) is -0.926. The van der Waals surface area contributed by atoms with Gasteiger partial charge in [-0.1, -0.05) is 36.6 Å². The summed E-state index contributed by atoms with van der Waals surface area (Å²) in [6, 6.07) is 11.7. The summed E-state index contributed by atoms with van der Waals surface area (Å²) in [7, 11) is -3.64. The van der Waals surface area contributed by atoms with Crippen molar-refractivity contribution >= 4 is 39.1 Å². The van der Waals surface area contributed by atoms with Gasteiger partial charge in [-0.2, -0.15) is 0 Å². The molecule has 1 saturated carbocycles. The second kappa shape index (κ2) is 12.5. The number of halogens is 2. The van der Waals surface area contributed by atoms with Gasteiger partial charge < -0.3 is 10.2 Å². The molecule has 1 N–H and O–H groups in total. The minimum Gasteiger partial charge on any atom is -0.352 e. The molecular weight excluding hydrogens is 505 g/mol. The Morgan fingerprint density at radius 3 is 2.28 bits per heavy atom. The van der Waals surface area contributed by atoms with Gasteiger partial charge in [0.05, 0.1) is 11.9 Å². The van der Waals surface area contributed by atoms with E-state index in [9.17, 15) is 22.4 Å². The van der Waals surface area contributed by atoms with Crippen LogP contribution in [0.3, 0.4) is 0 Å². The minimum atomic E-state index is -3.64. The lowest BCUT2D eigenvalue weighted by Crippen LogP contribution is -2.49. The second-order valence-corrected chi connectivity index (χ2v) is 11.6. The summed E-state index contributed by atoms with van der Waals surface area (Å²) in [4.78, 5) is 27.8. The van der Waals surface area contributed by atoms with E-state index in [-0.39, 0.29) is 43.8 Å². The molecule has 0 aliphatic heterocycles. The van der Waals surface area contributed by atoms with Gasteiger partial charge in [-0.05, 0) is 68.1 Å². The van der Waals surface area contributed by atoms with Crippen LogP contribution < -0.4 is 9.62 Å². The van der Waals surface area contributed by atoms with Gasteiger partial charge in [0, 0.05) is 30.6 Å². The smallest absolute Gasteiger partial charge is 0.242 e. The number of sulfonamides is 1. The molecule has 0 saturated heterocycles. The highest BCUT2D eigenvalue weighted by Gasteiger charge is 2.28. The first-order valence-electron chi connectivity index (χ1n) is 12.1. The van der Waals surface area contributed by atoms with E-state index in [1.54, 1.807) is 19.1 Å². The van der Waals surface area contributed by atoms with Crippen molar-refractivity contribution in [1.82, 2.24) is 10.2 Å². The van der Waals surface area contributed by atoms with Crippen LogP contribution in [0.5, 0.6) is 0 Å². The first-order valence-corrected chi connectivity index (χ1v) is 14.3. The van der Waals surface area contributed by atoms with E-state index >= 15 is 0 Å². The number of hydrogen-bond donors (Lipinski definition) is 1. The molecule has 1 aliphatic rings. The summed E-state index contributed by atoms with van der Waals surface area (Å²) >= 11 is 5.99. The number of anilines is 1. The van der Waals surface area contributed by atoms with Gasteiger partial charge in [-0.15, -0.1) is 0 Å². The van der Waals surface area contributed by atoms with Crippen molar-refractivity contribution in [3.63, 3.8) is 0 Å². The summed E-state index contributed by atoms with van der Waals surface area (Å²) in [5, 5.41) is 3.63. The van der Waals surface area contributed by atoms with Crippen molar-refractivity contribution in [2.75, 3.05) is 17.1 Å². The quantitative estimate of drug-likeness (QED) is 0.457. The molecule has 0 aromatic heterocycles. The Morgan fingerprint density at radius 1 is 1.08 bits per heavy atom. The summed E-state index contributed by atoms with van der Waals surface area (Å²) in [5.41, 5.74) is 1.16. The van der Waals surface area contributed by atoms with Crippen LogP contribution in [0.2, 0.25) is 5.02 Å². The maximum atomic E-state index is 13.3. The van der Waals surface area contributed by atoms with Crippen LogP contribution in [0.1, 0.15) is 51.0 Å². The summed E-state index contributed by atoms with van der Waals surface area (Å²) in [6.07, 6.45) is 5.39. The van der Waals surface area contributed by atoms with Crippen molar-refractivity contribution in [3.05, 3.63) is 64.9 Å². The zero-order chi connectivity index (χ0) is 26.3. The van der Waals surface area contributed by atoms with Gasteiger partial charge in [-0.25, -0.2) is 12.8 Å². The molecule has 2 aromatic carbocycles. The summed E-state index contributed by atoms with van der Waals surface area (Å²) < 4.78 is 39.1. The molecule has 0 heterocycles. The summed E-state index contributed by atoms with van der Waals surface area (Å²) in [6.45, 7) is 1.98. The van der Waals surface area contributed by atoms with E-state index in [1.807, 2.05) is 12.1 Å². The molecule has 1 fully saturated rings. The van der Waals surface area contributed by atoms with Crippen LogP contribution in [0.15, 0.2) is 48.5 Å². The first-order chi connectivity index (χ1) is 17.0. The van der Waals surface area contributed by atoms with Crippen LogP contribution in [-0.2, 0) is 26.2 Å². The first kappa shape index (κ1) is 27.9. The van der Waals surface area contributed by atoms with Gasteiger partial charge in [0.2, 0.25) is 21.8 Å². The number of nitrogens with one attached hydrogen (secondary N) is 1. The molecule has 0 radical (unpaired) electrons. The van der Waals surface area contributed by atoms with E-state index in [4.69, 9.17) is 11.6 Å². The van der Waals surface area contributed by atoms with Crippen LogP contribution in [-0.4, -0.2) is 50.0 Å². The van der Waals surface area contributed by atoms with Gasteiger partial charge in [-0.3, -0.25) is 13.9 Å².